The molecule has 3 nitrogen and oxygen atoms in total. The highest BCUT2D eigenvalue weighted by Gasteiger charge is 2.50. The predicted molar refractivity (Wildman–Crippen MR) is 38.7 cm³/mol. The van der Waals surface area contributed by atoms with Crippen LogP contribution in [0.15, 0.2) is 0 Å². The first-order valence-corrected chi connectivity index (χ1v) is 3.79. The molecule has 0 aromatic heterocycles. The molecule has 0 saturated heterocycles. The minimum Gasteiger partial charge on any atom is -0.480 e. The molecule has 0 aromatic carbocycles. The Bertz CT molecular complexity index is 211. The molecular formula is C8H11NO2. The van der Waals surface area contributed by atoms with Gasteiger partial charge in [0.1, 0.15) is 0 Å². The maximum absolute atomic E-state index is 10.6. The Labute approximate surface area is 65.6 Å². The summed E-state index contributed by atoms with van der Waals surface area (Å²) >= 11 is 0. The molecule has 0 radical (unpaired) electrons. The maximum Gasteiger partial charge on any atom is 0.324 e. The molecule has 0 spiro atoms. The first kappa shape index (κ1) is 8.06. The second-order valence-electron chi connectivity index (χ2n) is 3.18. The third-order valence-electron chi connectivity index (χ3n) is 2.48. The van der Waals surface area contributed by atoms with E-state index in [2.05, 4.69) is 0 Å². The monoisotopic (exact) mass is 153 g/mol. The summed E-state index contributed by atoms with van der Waals surface area (Å²) in [7, 11) is 0. The van der Waals surface area contributed by atoms with Gasteiger partial charge in [0.05, 0.1) is 6.07 Å². The van der Waals surface area contributed by atoms with Crippen LogP contribution in [0.5, 0.6) is 0 Å². The van der Waals surface area contributed by atoms with E-state index < -0.39 is 11.4 Å². The van der Waals surface area contributed by atoms with Crippen LogP contribution in [0.4, 0.5) is 0 Å². The van der Waals surface area contributed by atoms with Crippen LogP contribution in [-0.4, -0.2) is 11.1 Å². The minimum atomic E-state index is -1.04. The molecule has 0 amide bonds. The number of nitrogens with zero attached hydrogens (tertiary/aromatic N) is 1. The number of rotatable bonds is 2. The van der Waals surface area contributed by atoms with Crippen molar-refractivity contribution in [3.8, 4) is 6.07 Å². The smallest absolute Gasteiger partial charge is 0.324 e. The Morgan fingerprint density at radius 1 is 1.82 bits per heavy atom. The number of hydrogen-bond donors (Lipinski definition) is 1. The Kier molecular flexibility index (Phi) is 1.86. The SMILES string of the molecule is CCC1CC(C#N)(C(=O)O)C1. The summed E-state index contributed by atoms with van der Waals surface area (Å²) in [6.45, 7) is 2.02. The predicted octanol–water partition coefficient (Wildman–Crippen LogP) is 1.40. The van der Waals surface area contributed by atoms with E-state index in [0.29, 0.717) is 18.8 Å². The highest BCUT2D eigenvalue weighted by molar-refractivity contribution is 5.79. The van der Waals surface area contributed by atoms with E-state index in [1.165, 1.54) is 0 Å². The van der Waals surface area contributed by atoms with Gasteiger partial charge in [0, 0.05) is 0 Å². The number of carbonyl (C=O) groups is 1. The van der Waals surface area contributed by atoms with Gasteiger partial charge in [-0.25, -0.2) is 0 Å². The lowest BCUT2D eigenvalue weighted by Gasteiger charge is -2.38. The second-order valence-corrected chi connectivity index (χ2v) is 3.18. The van der Waals surface area contributed by atoms with Crippen molar-refractivity contribution in [2.45, 2.75) is 26.2 Å². The van der Waals surface area contributed by atoms with E-state index in [0.717, 1.165) is 6.42 Å². The van der Waals surface area contributed by atoms with E-state index in [9.17, 15) is 4.79 Å². The Balaban J connectivity index is 2.59. The Morgan fingerprint density at radius 3 is 2.64 bits per heavy atom. The molecule has 11 heavy (non-hydrogen) atoms. The molecular weight excluding hydrogens is 142 g/mol. The third kappa shape index (κ3) is 1.09. The van der Waals surface area contributed by atoms with Crippen molar-refractivity contribution in [3.63, 3.8) is 0 Å². The zero-order chi connectivity index (χ0) is 8.48. The summed E-state index contributed by atoms with van der Waals surface area (Å²) in [5, 5.41) is 17.3. The Morgan fingerprint density at radius 2 is 2.36 bits per heavy atom. The van der Waals surface area contributed by atoms with Gasteiger partial charge < -0.3 is 5.11 Å². The molecule has 0 aromatic rings. The summed E-state index contributed by atoms with van der Waals surface area (Å²) in [6, 6.07) is 1.88. The first-order valence-electron chi connectivity index (χ1n) is 3.79. The second kappa shape index (κ2) is 2.54. The van der Waals surface area contributed by atoms with Crippen molar-refractivity contribution < 1.29 is 9.90 Å². The van der Waals surface area contributed by atoms with Crippen molar-refractivity contribution in [2.75, 3.05) is 0 Å². The van der Waals surface area contributed by atoms with E-state index in [1.54, 1.807) is 0 Å². The molecule has 1 rings (SSSR count). The van der Waals surface area contributed by atoms with Gasteiger partial charge in [-0.2, -0.15) is 5.26 Å². The summed E-state index contributed by atoms with van der Waals surface area (Å²) in [5.41, 5.74) is -1.04. The molecule has 1 saturated carbocycles. The summed E-state index contributed by atoms with van der Waals surface area (Å²) in [5.74, 6) is -0.504. The van der Waals surface area contributed by atoms with E-state index >= 15 is 0 Å². The van der Waals surface area contributed by atoms with Crippen molar-refractivity contribution in [1.82, 2.24) is 0 Å². The number of hydrogen-bond acceptors (Lipinski definition) is 2. The van der Waals surface area contributed by atoms with Gasteiger partial charge in [-0.15, -0.1) is 0 Å². The lowest BCUT2D eigenvalue weighted by atomic mass is 9.62. The lowest BCUT2D eigenvalue weighted by molar-refractivity contribution is -0.152. The average molecular weight is 153 g/mol. The molecule has 3 heteroatoms. The van der Waals surface area contributed by atoms with Gasteiger partial charge in [-0.05, 0) is 18.8 Å². The number of nitriles is 1. The van der Waals surface area contributed by atoms with E-state index in [-0.39, 0.29) is 0 Å². The van der Waals surface area contributed by atoms with Crippen LogP contribution in [-0.2, 0) is 4.79 Å². The van der Waals surface area contributed by atoms with Gasteiger partial charge in [0.2, 0.25) is 0 Å². The van der Waals surface area contributed by atoms with Gasteiger partial charge >= 0.3 is 5.97 Å². The molecule has 1 aliphatic rings. The topological polar surface area (TPSA) is 61.1 Å². The van der Waals surface area contributed by atoms with Gasteiger partial charge in [0.25, 0.3) is 0 Å². The molecule has 0 unspecified atom stereocenters. The fraction of sp³-hybridized carbons (Fsp3) is 0.750. The van der Waals surface area contributed by atoms with E-state index in [1.807, 2.05) is 13.0 Å². The number of aliphatic carboxylic acids is 1. The van der Waals surface area contributed by atoms with Crippen molar-refractivity contribution >= 4 is 5.97 Å². The van der Waals surface area contributed by atoms with Crippen LogP contribution >= 0.6 is 0 Å². The summed E-state index contributed by atoms with van der Waals surface area (Å²) < 4.78 is 0. The molecule has 0 bridgehead atoms. The third-order valence-corrected chi connectivity index (χ3v) is 2.48. The molecule has 0 heterocycles. The van der Waals surface area contributed by atoms with Crippen molar-refractivity contribution in [3.05, 3.63) is 0 Å². The van der Waals surface area contributed by atoms with E-state index in [4.69, 9.17) is 10.4 Å². The molecule has 1 N–H and O–H groups in total. The minimum absolute atomic E-state index is 0.450. The zero-order valence-corrected chi connectivity index (χ0v) is 6.50. The fourth-order valence-electron chi connectivity index (χ4n) is 1.53. The number of carboxylic acid groups (broad SMARTS) is 1. The number of carboxylic acids is 1. The van der Waals surface area contributed by atoms with Crippen LogP contribution in [0.1, 0.15) is 26.2 Å². The van der Waals surface area contributed by atoms with Crippen LogP contribution in [0.2, 0.25) is 0 Å². The zero-order valence-electron chi connectivity index (χ0n) is 6.50. The van der Waals surface area contributed by atoms with Gasteiger partial charge in [0.15, 0.2) is 5.41 Å². The molecule has 0 aliphatic heterocycles. The highest BCUT2D eigenvalue weighted by Crippen LogP contribution is 2.46. The highest BCUT2D eigenvalue weighted by atomic mass is 16.4. The molecule has 0 atom stereocenters. The molecule has 1 fully saturated rings. The largest absolute Gasteiger partial charge is 0.480 e. The normalized spacial score (nSPS) is 35.5. The summed E-state index contributed by atoms with van der Waals surface area (Å²) in [6.07, 6.45) is 2.06. The Hall–Kier alpha value is -1.04. The molecule has 60 valence electrons. The van der Waals surface area contributed by atoms with Gasteiger partial charge in [-0.3, -0.25) is 4.79 Å². The van der Waals surface area contributed by atoms with Crippen molar-refractivity contribution in [1.29, 1.82) is 5.26 Å². The van der Waals surface area contributed by atoms with Crippen LogP contribution in [0.25, 0.3) is 0 Å². The lowest BCUT2D eigenvalue weighted by Crippen LogP contribution is -2.42. The van der Waals surface area contributed by atoms with Crippen LogP contribution < -0.4 is 0 Å². The average Bonchev–Trinajstić information content (AvgIpc) is 1.86. The molecule has 1 aliphatic carbocycles. The maximum atomic E-state index is 10.6. The van der Waals surface area contributed by atoms with Gasteiger partial charge in [-0.1, -0.05) is 13.3 Å². The van der Waals surface area contributed by atoms with Crippen LogP contribution in [0.3, 0.4) is 0 Å². The van der Waals surface area contributed by atoms with Crippen molar-refractivity contribution in [2.24, 2.45) is 11.3 Å². The quantitative estimate of drug-likeness (QED) is 0.652. The standard InChI is InChI=1S/C8H11NO2/c1-2-6-3-8(4-6,5-9)7(10)11/h6H,2-4H2,1H3,(H,10,11). The fourth-order valence-corrected chi connectivity index (χ4v) is 1.53. The first-order chi connectivity index (χ1) is 5.14. The summed E-state index contributed by atoms with van der Waals surface area (Å²) in [4.78, 5) is 10.6. The van der Waals surface area contributed by atoms with Crippen LogP contribution in [0, 0.1) is 22.7 Å².